The lowest BCUT2D eigenvalue weighted by Gasteiger charge is -2.16. The Morgan fingerprint density at radius 3 is 2.62 bits per heavy atom. The predicted molar refractivity (Wildman–Crippen MR) is 60.7 cm³/mol. The van der Waals surface area contributed by atoms with E-state index in [4.69, 9.17) is 10.0 Å². The van der Waals surface area contributed by atoms with Crippen LogP contribution in [0.15, 0.2) is 18.2 Å². The van der Waals surface area contributed by atoms with Gasteiger partial charge < -0.3 is 10.0 Å². The van der Waals surface area contributed by atoms with E-state index in [0.717, 1.165) is 0 Å². The Hall–Kier alpha value is -0.905. The molecule has 16 heavy (non-hydrogen) atoms. The second-order valence-electron chi connectivity index (χ2n) is 4.37. The van der Waals surface area contributed by atoms with E-state index in [9.17, 15) is 4.39 Å². The molecule has 0 unspecified atom stereocenters. The van der Waals surface area contributed by atoms with Gasteiger partial charge >= 0.3 is 7.12 Å². The summed E-state index contributed by atoms with van der Waals surface area (Å²) in [6.45, 7) is 0.568. The highest BCUT2D eigenvalue weighted by molar-refractivity contribution is 6.58. The van der Waals surface area contributed by atoms with Gasteiger partial charge in [0.15, 0.2) is 0 Å². The molecule has 5 heteroatoms. The number of hydrogen-bond acceptors (Lipinski definition) is 3. The molecule has 0 amide bonds. The molecule has 2 rings (SSSR count). The van der Waals surface area contributed by atoms with Gasteiger partial charge in [-0.05, 0) is 31.4 Å². The third-order valence-corrected chi connectivity index (χ3v) is 2.97. The van der Waals surface area contributed by atoms with Crippen molar-refractivity contribution in [1.29, 1.82) is 0 Å². The summed E-state index contributed by atoms with van der Waals surface area (Å²) in [6, 6.07) is 4.93. The van der Waals surface area contributed by atoms with Crippen molar-refractivity contribution in [3.63, 3.8) is 0 Å². The van der Waals surface area contributed by atoms with E-state index < -0.39 is 7.12 Å². The third kappa shape index (κ3) is 2.61. The van der Waals surface area contributed by atoms with Crippen molar-refractivity contribution in [1.82, 2.24) is 4.90 Å². The van der Waals surface area contributed by atoms with Crippen LogP contribution in [0.2, 0.25) is 0 Å². The molecule has 3 nitrogen and oxygen atoms in total. The van der Waals surface area contributed by atoms with Crippen LogP contribution < -0.4 is 5.46 Å². The molecule has 1 saturated carbocycles. The summed E-state index contributed by atoms with van der Waals surface area (Å²) in [4.78, 5) is 2.12. The van der Waals surface area contributed by atoms with Gasteiger partial charge in [0.2, 0.25) is 0 Å². The average molecular weight is 223 g/mol. The summed E-state index contributed by atoms with van der Waals surface area (Å²) in [5.41, 5.74) is 0.786. The van der Waals surface area contributed by atoms with Crippen LogP contribution in [0, 0.1) is 5.82 Å². The van der Waals surface area contributed by atoms with Crippen LogP contribution >= 0.6 is 0 Å². The van der Waals surface area contributed by atoms with Gasteiger partial charge in [0.1, 0.15) is 5.82 Å². The third-order valence-electron chi connectivity index (χ3n) is 2.97. The number of benzene rings is 1. The van der Waals surface area contributed by atoms with Crippen LogP contribution in [0.4, 0.5) is 4.39 Å². The van der Waals surface area contributed by atoms with E-state index in [1.807, 2.05) is 7.05 Å². The fraction of sp³-hybridized carbons (Fsp3) is 0.455. The highest BCUT2D eigenvalue weighted by atomic mass is 19.1. The van der Waals surface area contributed by atoms with Gasteiger partial charge in [-0.3, -0.25) is 4.90 Å². The predicted octanol–water partition coefficient (Wildman–Crippen LogP) is 0.0997. The lowest BCUT2D eigenvalue weighted by atomic mass is 9.80. The Labute approximate surface area is 94.7 Å². The van der Waals surface area contributed by atoms with E-state index in [2.05, 4.69) is 4.90 Å². The van der Waals surface area contributed by atoms with Crippen LogP contribution in [-0.2, 0) is 6.54 Å². The Kier molecular flexibility index (Phi) is 3.28. The molecular formula is C11H15BFNO2. The van der Waals surface area contributed by atoms with Crippen LogP contribution in [0.5, 0.6) is 0 Å². The number of rotatable bonds is 4. The lowest BCUT2D eigenvalue weighted by molar-refractivity contribution is 0.311. The minimum absolute atomic E-state index is 0.190. The first-order chi connectivity index (χ1) is 7.58. The summed E-state index contributed by atoms with van der Waals surface area (Å²) in [5.74, 6) is -0.377. The van der Waals surface area contributed by atoms with Gasteiger partial charge in [0, 0.05) is 18.2 Å². The summed E-state index contributed by atoms with van der Waals surface area (Å²) in [7, 11) is 0.371. The number of hydrogen-bond donors (Lipinski definition) is 2. The molecular weight excluding hydrogens is 208 g/mol. The van der Waals surface area contributed by atoms with Gasteiger partial charge in [-0.25, -0.2) is 4.39 Å². The van der Waals surface area contributed by atoms with E-state index in [-0.39, 0.29) is 11.3 Å². The zero-order valence-electron chi connectivity index (χ0n) is 9.23. The molecule has 86 valence electrons. The molecule has 1 aliphatic carbocycles. The highest BCUT2D eigenvalue weighted by Gasteiger charge is 2.26. The maximum atomic E-state index is 13.6. The van der Waals surface area contributed by atoms with Crippen molar-refractivity contribution in [3.8, 4) is 0 Å². The first kappa shape index (κ1) is 11.6. The molecule has 0 aromatic heterocycles. The largest absolute Gasteiger partial charge is 0.488 e. The molecule has 1 aromatic rings. The van der Waals surface area contributed by atoms with E-state index in [1.54, 1.807) is 12.1 Å². The van der Waals surface area contributed by atoms with E-state index >= 15 is 0 Å². The molecule has 0 heterocycles. The Balaban J connectivity index is 2.09. The second-order valence-corrected chi connectivity index (χ2v) is 4.37. The number of nitrogens with zero attached hydrogens (tertiary/aromatic N) is 1. The normalized spacial score (nSPS) is 15.6. The molecule has 0 radical (unpaired) electrons. The van der Waals surface area contributed by atoms with Crippen molar-refractivity contribution in [2.75, 3.05) is 7.05 Å². The van der Waals surface area contributed by atoms with Gasteiger partial charge in [0.25, 0.3) is 0 Å². The molecule has 1 aromatic carbocycles. The van der Waals surface area contributed by atoms with Crippen LogP contribution in [-0.4, -0.2) is 35.2 Å². The van der Waals surface area contributed by atoms with Gasteiger partial charge in [-0.15, -0.1) is 0 Å². The summed E-state index contributed by atoms with van der Waals surface area (Å²) in [5, 5.41) is 17.8. The highest BCUT2D eigenvalue weighted by Crippen LogP contribution is 2.26. The topological polar surface area (TPSA) is 43.7 Å². The molecule has 2 N–H and O–H groups in total. The fourth-order valence-electron chi connectivity index (χ4n) is 1.77. The first-order valence-corrected chi connectivity index (χ1v) is 5.42. The zero-order valence-corrected chi connectivity index (χ0v) is 9.23. The Morgan fingerprint density at radius 2 is 2.12 bits per heavy atom. The maximum absolute atomic E-state index is 13.6. The monoisotopic (exact) mass is 223 g/mol. The van der Waals surface area contributed by atoms with Crippen molar-refractivity contribution in [2.24, 2.45) is 0 Å². The fourth-order valence-corrected chi connectivity index (χ4v) is 1.77. The summed E-state index contributed by atoms with van der Waals surface area (Å²) >= 11 is 0. The zero-order chi connectivity index (χ0) is 11.7. The van der Waals surface area contributed by atoms with Crippen molar-refractivity contribution < 1.29 is 14.4 Å². The van der Waals surface area contributed by atoms with Crippen LogP contribution in [0.1, 0.15) is 18.4 Å². The minimum Gasteiger partial charge on any atom is -0.423 e. The molecule has 0 saturated heterocycles. The van der Waals surface area contributed by atoms with Gasteiger partial charge in [-0.2, -0.15) is 0 Å². The van der Waals surface area contributed by atoms with E-state index in [1.165, 1.54) is 18.9 Å². The van der Waals surface area contributed by atoms with Crippen LogP contribution in [0.25, 0.3) is 0 Å². The maximum Gasteiger partial charge on any atom is 0.488 e. The SMILES string of the molecule is CN(Cc1ccc(B(O)O)cc1F)C1CC1. The van der Waals surface area contributed by atoms with Gasteiger partial charge in [-0.1, -0.05) is 12.1 Å². The van der Waals surface area contributed by atoms with E-state index in [0.29, 0.717) is 18.2 Å². The Bertz CT molecular complexity index is 382. The Morgan fingerprint density at radius 1 is 1.44 bits per heavy atom. The number of halogens is 1. The molecule has 1 aliphatic rings. The quantitative estimate of drug-likeness (QED) is 0.711. The molecule has 0 atom stereocenters. The molecule has 0 bridgehead atoms. The first-order valence-electron chi connectivity index (χ1n) is 5.42. The standard InChI is InChI=1S/C11H15BFNO2/c1-14(10-4-5-10)7-8-2-3-9(12(15)16)6-11(8)13/h2-3,6,10,15-16H,4-5,7H2,1H3. The lowest BCUT2D eigenvalue weighted by Crippen LogP contribution is -2.30. The molecule has 0 spiro atoms. The van der Waals surface area contributed by atoms with Crippen LogP contribution in [0.3, 0.4) is 0 Å². The smallest absolute Gasteiger partial charge is 0.423 e. The average Bonchev–Trinajstić information content (AvgIpc) is 3.03. The van der Waals surface area contributed by atoms with Crippen molar-refractivity contribution >= 4 is 12.6 Å². The molecule has 1 fully saturated rings. The van der Waals surface area contributed by atoms with Crippen molar-refractivity contribution in [2.45, 2.75) is 25.4 Å². The van der Waals surface area contributed by atoms with Gasteiger partial charge in [0.05, 0.1) is 0 Å². The molecule has 0 aliphatic heterocycles. The summed E-state index contributed by atoms with van der Waals surface area (Å²) < 4.78 is 13.6. The second kappa shape index (κ2) is 4.53. The summed E-state index contributed by atoms with van der Waals surface area (Å²) in [6.07, 6.45) is 2.37. The van der Waals surface area contributed by atoms with Crippen molar-refractivity contribution in [3.05, 3.63) is 29.6 Å². The minimum atomic E-state index is -1.61.